The number of fused-ring (bicyclic) bond motifs is 1. The van der Waals surface area contributed by atoms with Crippen LogP contribution >= 0.6 is 11.3 Å². The Bertz CT molecular complexity index is 1160. The third-order valence-corrected chi connectivity index (χ3v) is 9.44. The molecule has 4 rings (SSSR count). The summed E-state index contributed by atoms with van der Waals surface area (Å²) < 4.78 is 27.4. The van der Waals surface area contributed by atoms with E-state index in [1.807, 2.05) is 0 Å². The molecule has 1 aromatic carbocycles. The maximum absolute atomic E-state index is 13.0. The average Bonchev–Trinajstić information content (AvgIpc) is 3.16. The van der Waals surface area contributed by atoms with E-state index in [2.05, 4.69) is 24.1 Å². The summed E-state index contributed by atoms with van der Waals surface area (Å²) >= 11 is 1.38. The molecule has 33 heavy (non-hydrogen) atoms. The molecule has 3 heterocycles. The molecule has 1 fully saturated rings. The molecule has 1 aromatic heterocycles. The van der Waals surface area contributed by atoms with Crippen LogP contribution < -0.4 is 11.1 Å². The lowest BCUT2D eigenvalue weighted by Crippen LogP contribution is -2.39. The Labute approximate surface area is 198 Å². The number of hydrogen-bond donors (Lipinski definition) is 2. The lowest BCUT2D eigenvalue weighted by Gasteiger charge is -2.30. The standard InChI is InChI=1S/C23H30N4O4S2/c1-3-26-12-10-18-19(14-26)32-23(20(18)21(24)28)25-22(29)16-6-8-17(9-7-16)33(30,31)27-11-4-5-15(2)13-27/h6-9,15H,3-5,10-14H2,1-2H3,(H2,24,28)(H,25,29)/t15-/m0/s1. The number of primary amides is 1. The van der Waals surface area contributed by atoms with Crippen molar-refractivity contribution >= 4 is 38.2 Å². The van der Waals surface area contributed by atoms with Crippen molar-refractivity contribution in [1.29, 1.82) is 0 Å². The van der Waals surface area contributed by atoms with Crippen molar-refractivity contribution in [2.24, 2.45) is 11.7 Å². The van der Waals surface area contributed by atoms with E-state index in [9.17, 15) is 18.0 Å². The van der Waals surface area contributed by atoms with Gasteiger partial charge in [-0.1, -0.05) is 13.8 Å². The molecule has 1 saturated heterocycles. The molecule has 0 radical (unpaired) electrons. The van der Waals surface area contributed by atoms with Gasteiger partial charge < -0.3 is 11.1 Å². The maximum Gasteiger partial charge on any atom is 0.256 e. The SMILES string of the molecule is CCN1CCc2c(sc(NC(=O)c3ccc(S(=O)(=O)N4CCC[C@H](C)C4)cc3)c2C(N)=O)C1. The Kier molecular flexibility index (Phi) is 6.90. The molecule has 2 aliphatic heterocycles. The van der Waals surface area contributed by atoms with Crippen LogP contribution in [-0.4, -0.2) is 55.6 Å². The van der Waals surface area contributed by atoms with E-state index in [0.29, 0.717) is 35.1 Å². The van der Waals surface area contributed by atoms with Crippen molar-refractivity contribution in [3.05, 3.63) is 45.8 Å². The topological polar surface area (TPSA) is 113 Å². The molecule has 0 aliphatic carbocycles. The number of rotatable bonds is 6. The first kappa shape index (κ1) is 23.9. The van der Waals surface area contributed by atoms with Gasteiger partial charge in [-0.15, -0.1) is 11.3 Å². The van der Waals surface area contributed by atoms with Crippen LogP contribution in [0.25, 0.3) is 0 Å². The normalized spacial score (nSPS) is 19.8. The molecule has 2 aromatic rings. The van der Waals surface area contributed by atoms with Gasteiger partial charge in [-0.05, 0) is 61.6 Å². The van der Waals surface area contributed by atoms with Crippen LogP contribution in [0, 0.1) is 5.92 Å². The fourth-order valence-corrected chi connectivity index (χ4v) is 7.43. The number of hydrogen-bond acceptors (Lipinski definition) is 6. The highest BCUT2D eigenvalue weighted by molar-refractivity contribution is 7.89. The number of carbonyl (C=O) groups is 2. The number of anilines is 1. The quantitative estimate of drug-likeness (QED) is 0.647. The number of nitrogens with two attached hydrogens (primary N) is 1. The molecule has 0 saturated carbocycles. The van der Waals surface area contributed by atoms with E-state index in [4.69, 9.17) is 5.73 Å². The Morgan fingerprint density at radius 2 is 1.94 bits per heavy atom. The van der Waals surface area contributed by atoms with Crippen LogP contribution in [0.2, 0.25) is 0 Å². The molecule has 0 spiro atoms. The Hall–Kier alpha value is -2.27. The summed E-state index contributed by atoms with van der Waals surface area (Å²) in [5.74, 6) is -0.622. The zero-order valence-electron chi connectivity index (χ0n) is 19.0. The third-order valence-electron chi connectivity index (χ3n) is 6.43. The molecule has 8 nitrogen and oxygen atoms in total. The highest BCUT2D eigenvalue weighted by atomic mass is 32.2. The summed E-state index contributed by atoms with van der Waals surface area (Å²) in [6.45, 7) is 7.66. The van der Waals surface area contributed by atoms with Gasteiger partial charge in [-0.2, -0.15) is 4.31 Å². The van der Waals surface area contributed by atoms with Crippen LogP contribution in [0.15, 0.2) is 29.2 Å². The molecule has 2 amide bonds. The van der Waals surface area contributed by atoms with Crippen LogP contribution in [0.1, 0.15) is 57.8 Å². The number of sulfonamides is 1. The van der Waals surface area contributed by atoms with Gasteiger partial charge in [-0.3, -0.25) is 14.5 Å². The van der Waals surface area contributed by atoms with Crippen molar-refractivity contribution in [3.63, 3.8) is 0 Å². The molecule has 0 unspecified atom stereocenters. The van der Waals surface area contributed by atoms with Crippen molar-refractivity contribution in [3.8, 4) is 0 Å². The molecular formula is C23H30N4O4S2. The second-order valence-electron chi connectivity index (χ2n) is 8.78. The Morgan fingerprint density at radius 1 is 1.21 bits per heavy atom. The summed E-state index contributed by atoms with van der Waals surface area (Å²) in [4.78, 5) is 28.5. The van der Waals surface area contributed by atoms with E-state index in [1.165, 1.54) is 39.9 Å². The lowest BCUT2D eigenvalue weighted by atomic mass is 10.0. The third kappa shape index (κ3) is 4.84. The minimum Gasteiger partial charge on any atom is -0.365 e. The van der Waals surface area contributed by atoms with E-state index in [0.717, 1.165) is 49.3 Å². The van der Waals surface area contributed by atoms with Gasteiger partial charge in [0.15, 0.2) is 0 Å². The summed E-state index contributed by atoms with van der Waals surface area (Å²) in [5, 5.41) is 3.28. The molecule has 178 valence electrons. The first-order valence-corrected chi connectivity index (χ1v) is 13.5. The second kappa shape index (κ2) is 9.54. The van der Waals surface area contributed by atoms with E-state index in [1.54, 1.807) is 0 Å². The summed E-state index contributed by atoms with van der Waals surface area (Å²) in [5.41, 5.74) is 7.27. The zero-order chi connectivity index (χ0) is 23.8. The molecular weight excluding hydrogens is 460 g/mol. The fourth-order valence-electron chi connectivity index (χ4n) is 4.54. The fraction of sp³-hybridized carbons (Fsp3) is 0.478. The maximum atomic E-state index is 13.0. The summed E-state index contributed by atoms with van der Waals surface area (Å²) in [6.07, 6.45) is 2.60. The average molecular weight is 491 g/mol. The highest BCUT2D eigenvalue weighted by Gasteiger charge is 2.30. The summed E-state index contributed by atoms with van der Waals surface area (Å²) in [7, 11) is -3.59. The van der Waals surface area contributed by atoms with Crippen LogP contribution in [0.4, 0.5) is 5.00 Å². The summed E-state index contributed by atoms with van der Waals surface area (Å²) in [6, 6.07) is 5.95. The van der Waals surface area contributed by atoms with Crippen molar-refractivity contribution in [1.82, 2.24) is 9.21 Å². The number of nitrogens with one attached hydrogen (secondary N) is 1. The molecule has 0 bridgehead atoms. The van der Waals surface area contributed by atoms with Gasteiger partial charge in [0, 0.05) is 36.6 Å². The van der Waals surface area contributed by atoms with Gasteiger partial charge in [0.05, 0.1) is 10.5 Å². The number of carbonyl (C=O) groups excluding carboxylic acids is 2. The number of thiophene rings is 1. The van der Waals surface area contributed by atoms with Gasteiger partial charge in [0.1, 0.15) is 5.00 Å². The Morgan fingerprint density at radius 3 is 2.58 bits per heavy atom. The van der Waals surface area contributed by atoms with E-state index >= 15 is 0 Å². The van der Waals surface area contributed by atoms with Gasteiger partial charge in [0.2, 0.25) is 10.0 Å². The predicted octanol–water partition coefficient (Wildman–Crippen LogP) is 2.90. The number of benzene rings is 1. The zero-order valence-corrected chi connectivity index (χ0v) is 20.6. The number of likely N-dealkylation sites (N-methyl/N-ethyl adjacent to an activating group) is 1. The molecule has 1 atom stereocenters. The second-order valence-corrected chi connectivity index (χ2v) is 11.8. The van der Waals surface area contributed by atoms with Crippen LogP contribution in [0.3, 0.4) is 0 Å². The van der Waals surface area contributed by atoms with Crippen molar-refractivity contribution < 1.29 is 18.0 Å². The minimum atomic E-state index is -3.59. The number of nitrogens with zero attached hydrogens (tertiary/aromatic N) is 2. The van der Waals surface area contributed by atoms with Gasteiger partial charge >= 0.3 is 0 Å². The monoisotopic (exact) mass is 490 g/mol. The largest absolute Gasteiger partial charge is 0.365 e. The molecule has 2 aliphatic rings. The molecule has 3 N–H and O–H groups in total. The van der Waals surface area contributed by atoms with Crippen molar-refractivity contribution in [2.75, 3.05) is 31.5 Å². The lowest BCUT2D eigenvalue weighted by molar-refractivity contribution is 0.1000. The number of piperidine rings is 1. The van der Waals surface area contributed by atoms with E-state index < -0.39 is 21.8 Å². The van der Waals surface area contributed by atoms with Gasteiger partial charge in [-0.25, -0.2) is 8.42 Å². The van der Waals surface area contributed by atoms with E-state index in [-0.39, 0.29) is 4.90 Å². The smallest absolute Gasteiger partial charge is 0.256 e. The van der Waals surface area contributed by atoms with Gasteiger partial charge in [0.25, 0.3) is 11.8 Å². The Balaban J connectivity index is 1.53. The number of amides is 2. The van der Waals surface area contributed by atoms with Crippen molar-refractivity contribution in [2.45, 2.75) is 44.6 Å². The molecule has 10 heteroatoms. The minimum absolute atomic E-state index is 0.178. The predicted molar refractivity (Wildman–Crippen MR) is 129 cm³/mol. The van der Waals surface area contributed by atoms with Crippen LogP contribution in [-0.2, 0) is 23.0 Å². The first-order valence-electron chi connectivity index (χ1n) is 11.3. The highest BCUT2D eigenvalue weighted by Crippen LogP contribution is 2.37. The first-order chi connectivity index (χ1) is 15.7. The van der Waals surface area contributed by atoms with Crippen LogP contribution in [0.5, 0.6) is 0 Å².